The third-order valence-electron chi connectivity index (χ3n) is 4.56. The maximum Gasteiger partial charge on any atom is -0.0305 e. The Kier molecular flexibility index (Phi) is 10.2. The average Bonchev–Trinajstić information content (AvgIpc) is 2.34. The summed E-state index contributed by atoms with van der Waals surface area (Å²) in [6, 6.07) is 0. The summed E-state index contributed by atoms with van der Waals surface area (Å²) >= 11 is 0. The van der Waals surface area contributed by atoms with Crippen molar-refractivity contribution in [3.05, 3.63) is 0 Å². The van der Waals surface area contributed by atoms with Gasteiger partial charge >= 0.3 is 0 Å². The van der Waals surface area contributed by atoms with Gasteiger partial charge in [-0.05, 0) is 11.8 Å². The highest BCUT2D eigenvalue weighted by Crippen LogP contribution is 2.36. The molecule has 0 heteroatoms. The van der Waals surface area contributed by atoms with Gasteiger partial charge in [0.25, 0.3) is 0 Å². The first kappa shape index (κ1) is 16.0. The Labute approximate surface area is 104 Å². The molecule has 0 nitrogen and oxygen atoms in total. The fourth-order valence-corrected chi connectivity index (χ4v) is 2.74. The van der Waals surface area contributed by atoms with Crippen molar-refractivity contribution in [2.45, 2.75) is 98.3 Å². The van der Waals surface area contributed by atoms with Gasteiger partial charge in [0.1, 0.15) is 0 Å². The van der Waals surface area contributed by atoms with E-state index in [-0.39, 0.29) is 0 Å². The predicted molar refractivity (Wildman–Crippen MR) is 75.9 cm³/mol. The quantitative estimate of drug-likeness (QED) is 0.360. The largest absolute Gasteiger partial charge is 0.0654 e. The highest BCUT2D eigenvalue weighted by molar-refractivity contribution is 4.74. The van der Waals surface area contributed by atoms with E-state index in [0.717, 1.165) is 0 Å². The maximum atomic E-state index is 2.37. The smallest absolute Gasteiger partial charge is 0.0305 e. The molecule has 16 heavy (non-hydrogen) atoms. The lowest BCUT2D eigenvalue weighted by molar-refractivity contribution is 0.220. The van der Waals surface area contributed by atoms with Crippen molar-refractivity contribution in [1.82, 2.24) is 0 Å². The van der Waals surface area contributed by atoms with Crippen LogP contribution in [0.2, 0.25) is 0 Å². The highest BCUT2D eigenvalue weighted by Gasteiger charge is 2.22. The van der Waals surface area contributed by atoms with E-state index in [1.165, 1.54) is 70.6 Å². The fourth-order valence-electron chi connectivity index (χ4n) is 2.74. The molecule has 0 aromatic heterocycles. The van der Waals surface area contributed by atoms with Crippen molar-refractivity contribution in [3.63, 3.8) is 0 Å². The Hall–Kier alpha value is 0. The van der Waals surface area contributed by atoms with Gasteiger partial charge in [-0.25, -0.2) is 0 Å². The molecule has 0 aliphatic heterocycles. The van der Waals surface area contributed by atoms with Crippen LogP contribution in [0.3, 0.4) is 0 Å². The molecule has 0 unspecified atom stereocenters. The number of hydrogen-bond donors (Lipinski definition) is 0. The first-order chi connectivity index (χ1) is 7.74. The summed E-state index contributed by atoms with van der Waals surface area (Å²) in [6.45, 7) is 9.40. The molecule has 98 valence electrons. The van der Waals surface area contributed by atoms with Crippen molar-refractivity contribution in [3.8, 4) is 0 Å². The Morgan fingerprint density at radius 1 is 0.562 bits per heavy atom. The average molecular weight is 226 g/mol. The summed E-state index contributed by atoms with van der Waals surface area (Å²) in [7, 11) is 0. The third kappa shape index (κ3) is 6.55. The van der Waals surface area contributed by atoms with Crippen molar-refractivity contribution in [2.75, 3.05) is 0 Å². The molecule has 0 aliphatic rings. The molecule has 0 heterocycles. The predicted octanol–water partition coefficient (Wildman–Crippen LogP) is 6.34. The first-order valence-corrected chi connectivity index (χ1v) is 7.74. The molecule has 0 radical (unpaired) electrons. The zero-order chi connectivity index (χ0) is 12.3. The van der Waals surface area contributed by atoms with Gasteiger partial charge in [-0.1, -0.05) is 91.9 Å². The van der Waals surface area contributed by atoms with E-state index in [9.17, 15) is 0 Å². The van der Waals surface area contributed by atoms with Crippen LogP contribution in [0, 0.1) is 5.41 Å². The third-order valence-corrected chi connectivity index (χ3v) is 4.56. The van der Waals surface area contributed by atoms with Gasteiger partial charge in [-0.2, -0.15) is 0 Å². The molecular weight excluding hydrogens is 192 g/mol. The summed E-state index contributed by atoms with van der Waals surface area (Å²) < 4.78 is 0. The standard InChI is InChI=1S/C16H34/c1-5-9-10-11-12-13-14-15-16(6-2,7-3)8-4/h5-15H2,1-4H3. The molecular formula is C16H34. The second-order valence-electron chi connectivity index (χ2n) is 5.43. The summed E-state index contributed by atoms with van der Waals surface area (Å²) in [4.78, 5) is 0. The van der Waals surface area contributed by atoms with Crippen LogP contribution in [0.25, 0.3) is 0 Å². The van der Waals surface area contributed by atoms with E-state index < -0.39 is 0 Å². The Morgan fingerprint density at radius 2 is 1.00 bits per heavy atom. The lowest BCUT2D eigenvalue weighted by atomic mass is 9.75. The lowest BCUT2D eigenvalue weighted by Gasteiger charge is -2.30. The molecule has 0 aromatic carbocycles. The molecule has 0 saturated carbocycles. The number of rotatable bonds is 11. The van der Waals surface area contributed by atoms with E-state index in [1.54, 1.807) is 0 Å². The molecule has 0 spiro atoms. The van der Waals surface area contributed by atoms with Crippen LogP contribution in [0.4, 0.5) is 0 Å². The topological polar surface area (TPSA) is 0 Å². The molecule has 0 bridgehead atoms. The maximum absolute atomic E-state index is 2.37. The van der Waals surface area contributed by atoms with Crippen molar-refractivity contribution in [2.24, 2.45) is 5.41 Å². The zero-order valence-corrected chi connectivity index (χ0v) is 12.3. The van der Waals surface area contributed by atoms with Crippen molar-refractivity contribution in [1.29, 1.82) is 0 Å². The molecule has 0 rings (SSSR count). The van der Waals surface area contributed by atoms with Gasteiger partial charge in [-0.3, -0.25) is 0 Å². The van der Waals surface area contributed by atoms with E-state index in [1.807, 2.05) is 0 Å². The molecule has 0 amide bonds. The summed E-state index contributed by atoms with van der Waals surface area (Å²) in [5.41, 5.74) is 0.670. The Bertz CT molecular complexity index is 125. The SMILES string of the molecule is CCCCCCCCCC(CC)(CC)CC. The summed E-state index contributed by atoms with van der Waals surface area (Å²) in [5, 5.41) is 0. The first-order valence-electron chi connectivity index (χ1n) is 7.74. The van der Waals surface area contributed by atoms with Crippen LogP contribution >= 0.6 is 0 Å². The Balaban J connectivity index is 3.48. The van der Waals surface area contributed by atoms with E-state index in [2.05, 4.69) is 27.7 Å². The lowest BCUT2D eigenvalue weighted by Crippen LogP contribution is -2.17. The van der Waals surface area contributed by atoms with Crippen LogP contribution in [0.1, 0.15) is 98.3 Å². The molecule has 0 N–H and O–H groups in total. The van der Waals surface area contributed by atoms with Crippen LogP contribution in [0.15, 0.2) is 0 Å². The van der Waals surface area contributed by atoms with Gasteiger partial charge in [0.15, 0.2) is 0 Å². The van der Waals surface area contributed by atoms with Gasteiger partial charge in [0.2, 0.25) is 0 Å². The van der Waals surface area contributed by atoms with Crippen LogP contribution in [-0.4, -0.2) is 0 Å². The number of unbranched alkanes of at least 4 members (excludes halogenated alkanes) is 6. The van der Waals surface area contributed by atoms with Gasteiger partial charge in [0.05, 0.1) is 0 Å². The minimum atomic E-state index is 0.670. The zero-order valence-electron chi connectivity index (χ0n) is 12.3. The normalized spacial score (nSPS) is 12.0. The minimum Gasteiger partial charge on any atom is -0.0654 e. The monoisotopic (exact) mass is 226 g/mol. The van der Waals surface area contributed by atoms with E-state index >= 15 is 0 Å². The van der Waals surface area contributed by atoms with Crippen molar-refractivity contribution < 1.29 is 0 Å². The van der Waals surface area contributed by atoms with Gasteiger partial charge < -0.3 is 0 Å². The fraction of sp³-hybridized carbons (Fsp3) is 1.00. The molecule has 0 fully saturated rings. The van der Waals surface area contributed by atoms with E-state index in [4.69, 9.17) is 0 Å². The Morgan fingerprint density at radius 3 is 1.44 bits per heavy atom. The summed E-state index contributed by atoms with van der Waals surface area (Å²) in [6.07, 6.45) is 15.7. The van der Waals surface area contributed by atoms with Crippen LogP contribution in [0.5, 0.6) is 0 Å². The van der Waals surface area contributed by atoms with Crippen LogP contribution < -0.4 is 0 Å². The molecule has 0 atom stereocenters. The van der Waals surface area contributed by atoms with Gasteiger partial charge in [-0.15, -0.1) is 0 Å². The van der Waals surface area contributed by atoms with Crippen molar-refractivity contribution >= 4 is 0 Å². The van der Waals surface area contributed by atoms with Gasteiger partial charge in [0, 0.05) is 0 Å². The molecule has 0 saturated heterocycles. The van der Waals surface area contributed by atoms with E-state index in [0.29, 0.717) is 5.41 Å². The molecule has 0 aromatic rings. The minimum absolute atomic E-state index is 0.670. The molecule has 0 aliphatic carbocycles. The highest BCUT2D eigenvalue weighted by atomic mass is 14.3. The second-order valence-corrected chi connectivity index (χ2v) is 5.43. The summed E-state index contributed by atoms with van der Waals surface area (Å²) in [5.74, 6) is 0. The number of hydrogen-bond acceptors (Lipinski definition) is 0. The van der Waals surface area contributed by atoms with Crippen LogP contribution in [-0.2, 0) is 0 Å². The second kappa shape index (κ2) is 10.2.